The lowest BCUT2D eigenvalue weighted by atomic mass is 9.92. The highest BCUT2D eigenvalue weighted by Gasteiger charge is 2.35. The molecule has 6 aromatic rings. The number of anilines is 1. The summed E-state index contributed by atoms with van der Waals surface area (Å²) in [6.45, 7) is 5.71. The van der Waals surface area contributed by atoms with Crippen molar-refractivity contribution >= 4 is 73.7 Å². The van der Waals surface area contributed by atoms with Crippen LogP contribution in [0, 0.1) is 20.8 Å². The van der Waals surface area contributed by atoms with Crippen LogP contribution in [0.2, 0.25) is 25.8 Å². The Kier molecular flexibility index (Phi) is 18.8. The Morgan fingerprint density at radius 3 is 1.48 bits per heavy atom. The zero-order valence-electron chi connectivity index (χ0n) is 34.1. The summed E-state index contributed by atoms with van der Waals surface area (Å²) in [6.07, 6.45) is 7.73. The summed E-state index contributed by atoms with van der Waals surface area (Å²) in [7, 11) is -3.44. The molecule has 2 fully saturated rings. The Labute approximate surface area is 385 Å². The summed E-state index contributed by atoms with van der Waals surface area (Å²) in [5.41, 5.74) is 8.25. The topological polar surface area (TPSA) is 214 Å². The van der Waals surface area contributed by atoms with E-state index in [1.807, 2.05) is 39.0 Å². The van der Waals surface area contributed by atoms with Crippen LogP contribution in [0.1, 0.15) is 68.4 Å². The number of aromatic amines is 1. The van der Waals surface area contributed by atoms with Crippen LogP contribution >= 0.6 is 58.0 Å². The maximum absolute atomic E-state index is 13.2. The molecular formula is C37H43Cl5F4N14O2S. The first kappa shape index (κ1) is 51.4. The Balaban J connectivity index is 0.000000185. The summed E-state index contributed by atoms with van der Waals surface area (Å²) < 4.78 is 75.8. The van der Waals surface area contributed by atoms with Crippen LogP contribution in [0.3, 0.4) is 0 Å². The van der Waals surface area contributed by atoms with Crippen molar-refractivity contribution in [2.75, 3.05) is 11.6 Å². The van der Waals surface area contributed by atoms with E-state index in [4.69, 9.17) is 63.7 Å². The molecule has 0 amide bonds. The zero-order valence-corrected chi connectivity index (χ0v) is 38.7. The molecule has 2 saturated carbocycles. The Hall–Kier alpha value is -4.25. The van der Waals surface area contributed by atoms with Crippen LogP contribution in [0.25, 0.3) is 11.9 Å². The van der Waals surface area contributed by atoms with Crippen molar-refractivity contribution in [3.05, 3.63) is 97.8 Å². The molecule has 0 aliphatic heterocycles. The number of nitrogens with one attached hydrogen (secondary N) is 2. The lowest BCUT2D eigenvalue weighted by Crippen LogP contribution is -2.32. The van der Waals surface area contributed by atoms with E-state index in [0.29, 0.717) is 53.7 Å². The predicted octanol–water partition coefficient (Wildman–Crippen LogP) is 9.32. The minimum atomic E-state index is -3.44. The number of nitrogens with zero attached hydrogens (tertiary/aromatic N) is 11. The van der Waals surface area contributed by atoms with Gasteiger partial charge in [0.15, 0.2) is 0 Å². The third-order valence-electron chi connectivity index (χ3n) is 8.64. The number of alkyl halides is 4. The Morgan fingerprint density at radius 2 is 1.11 bits per heavy atom. The molecule has 6 heterocycles. The fourth-order valence-corrected chi connectivity index (χ4v) is 7.08. The van der Waals surface area contributed by atoms with Gasteiger partial charge >= 0.3 is 0 Å². The van der Waals surface area contributed by atoms with Gasteiger partial charge in [0, 0.05) is 86.5 Å². The first-order valence-corrected chi connectivity index (χ1v) is 22.7. The molecule has 4 N–H and O–H groups in total. The second-order valence-electron chi connectivity index (χ2n) is 14.3. The molecule has 0 atom stereocenters. The van der Waals surface area contributed by atoms with Gasteiger partial charge in [-0.2, -0.15) is 35.2 Å². The number of aryl methyl sites for hydroxylation is 3. The van der Waals surface area contributed by atoms with Gasteiger partial charge in [-0.05, 0) is 64.7 Å². The van der Waals surface area contributed by atoms with Gasteiger partial charge in [-0.15, -0.1) is 0 Å². The van der Waals surface area contributed by atoms with E-state index in [0.717, 1.165) is 23.3 Å². The van der Waals surface area contributed by atoms with Crippen LogP contribution in [0.15, 0.2) is 60.1 Å². The van der Waals surface area contributed by atoms with Gasteiger partial charge in [0.05, 0.1) is 11.4 Å². The minimum absolute atomic E-state index is 0.00965. The largest absolute Gasteiger partial charge is 0.367 e. The van der Waals surface area contributed by atoms with Crippen molar-refractivity contribution in [3.8, 4) is 11.9 Å². The molecule has 0 saturated heterocycles. The van der Waals surface area contributed by atoms with Crippen LogP contribution in [-0.2, 0) is 9.84 Å². The number of halogens is 9. The highest BCUT2D eigenvalue weighted by atomic mass is 35.5. The van der Waals surface area contributed by atoms with Gasteiger partial charge in [-0.1, -0.05) is 58.0 Å². The fraction of sp³-hybridized carbons (Fsp3) is 0.432. The average Bonchev–Trinajstić information content (AvgIpc) is 3.96. The number of H-pyrrole nitrogens is 1. The van der Waals surface area contributed by atoms with Crippen LogP contribution in [0.5, 0.6) is 0 Å². The van der Waals surface area contributed by atoms with E-state index in [1.54, 1.807) is 24.7 Å². The van der Waals surface area contributed by atoms with E-state index >= 15 is 0 Å². The molecule has 2 aliphatic rings. The first-order valence-electron chi connectivity index (χ1n) is 18.9. The molecule has 16 nitrogen and oxygen atoms in total. The maximum Gasteiger partial charge on any atom is 0.253 e. The Bertz CT molecular complexity index is 2440. The fourth-order valence-electron chi connectivity index (χ4n) is 5.43. The highest BCUT2D eigenvalue weighted by Crippen LogP contribution is 2.34. The molecule has 0 radical (unpaired) electrons. The summed E-state index contributed by atoms with van der Waals surface area (Å²) in [4.78, 5) is 23.4. The van der Waals surface area contributed by atoms with Crippen molar-refractivity contribution in [2.45, 2.75) is 101 Å². The van der Waals surface area contributed by atoms with Crippen LogP contribution in [0.4, 0.5) is 23.4 Å². The lowest BCUT2D eigenvalue weighted by Gasteiger charge is -2.29. The van der Waals surface area contributed by atoms with Crippen molar-refractivity contribution in [2.24, 2.45) is 5.73 Å². The minimum Gasteiger partial charge on any atom is -0.367 e. The third-order valence-corrected chi connectivity index (χ3v) is 10.4. The maximum atomic E-state index is 13.2. The molecular weight excluding hydrogens is 958 g/mol. The molecule has 6 aromatic heterocycles. The number of sulfone groups is 1. The quantitative estimate of drug-likeness (QED) is 0.0835. The summed E-state index contributed by atoms with van der Waals surface area (Å²) in [6, 6.07) is 9.91. The molecule has 0 bridgehead atoms. The molecule has 342 valence electrons. The molecule has 0 spiro atoms. The molecule has 8 rings (SSSR count). The van der Waals surface area contributed by atoms with Gasteiger partial charge in [0.1, 0.15) is 31.6 Å². The van der Waals surface area contributed by atoms with Crippen molar-refractivity contribution in [1.29, 1.82) is 0 Å². The number of rotatable bonds is 5. The highest BCUT2D eigenvalue weighted by molar-refractivity contribution is 7.90. The summed E-state index contributed by atoms with van der Waals surface area (Å²) in [5.74, 6) is -3.71. The Morgan fingerprint density at radius 1 is 0.683 bits per heavy atom. The van der Waals surface area contributed by atoms with E-state index in [2.05, 4.69) is 55.6 Å². The average molecular weight is 1000 g/mol. The van der Waals surface area contributed by atoms with E-state index in [9.17, 15) is 26.0 Å². The smallest absolute Gasteiger partial charge is 0.253 e. The monoisotopic (exact) mass is 998 g/mol. The molecule has 0 aromatic carbocycles. The van der Waals surface area contributed by atoms with E-state index < -0.39 is 21.7 Å². The third kappa shape index (κ3) is 18.4. The molecule has 26 heteroatoms. The van der Waals surface area contributed by atoms with Gasteiger partial charge in [-0.3, -0.25) is 5.10 Å². The van der Waals surface area contributed by atoms with Gasteiger partial charge < -0.3 is 11.1 Å². The normalized spacial score (nSPS) is 15.8. The van der Waals surface area contributed by atoms with Gasteiger partial charge in [0.2, 0.25) is 26.8 Å². The summed E-state index contributed by atoms with van der Waals surface area (Å²) >= 11 is 28.4. The van der Waals surface area contributed by atoms with Crippen LogP contribution in [-0.4, -0.2) is 98.3 Å². The first-order chi connectivity index (χ1) is 29.4. The standard InChI is InChI=1S/C14H16ClF2N5.C8H6Cl2N4.C6H11F2N.C5H4Cl2N2O2S.C4H6N2/c1-9-4-7-22(21-9)13-19-11(15)8-12(20-13)18-10-2-5-14(16,17)6-3-10;1-5-2-3-14(13-5)8-11-6(9)4-7(10)12-8;7-6(8)3-1-5(9)2-4-6;1-12(10,11)5-8-3(6)2-4(7)9-5;1-4-2-3-5-6-4/h4,7-8,10H,2-3,5-6H2,1H3,(H,18,19,20);2-4H,1H3;5H,1-4,9H2;2H,1H3;2-3H,1H3,(H,5,6). The molecule has 0 unspecified atom stereocenters. The van der Waals surface area contributed by atoms with Gasteiger partial charge in [0.25, 0.3) is 11.9 Å². The van der Waals surface area contributed by atoms with Crippen molar-refractivity contribution in [3.63, 3.8) is 0 Å². The number of hydrogen-bond acceptors (Lipinski definition) is 13. The van der Waals surface area contributed by atoms with Crippen LogP contribution < -0.4 is 11.1 Å². The second kappa shape index (κ2) is 23.1. The lowest BCUT2D eigenvalue weighted by molar-refractivity contribution is -0.0377. The number of nitrogens with two attached hydrogens (primary N) is 1. The van der Waals surface area contributed by atoms with Crippen molar-refractivity contribution < 1.29 is 26.0 Å². The van der Waals surface area contributed by atoms with E-state index in [1.165, 1.54) is 21.5 Å². The number of aromatic nitrogens is 12. The SMILES string of the molecule is CS(=O)(=O)c1nc(Cl)cc(Cl)n1.Cc1ccn(-c2nc(Cl)cc(Cl)n2)n1.Cc1ccn(-c2nc(Cl)cc(NC3CCC(F)(F)CC3)n2)n1.Cc1ccn[nH]1.NC1CCC(F)(F)CC1. The van der Waals surface area contributed by atoms with Gasteiger partial charge in [-0.25, -0.2) is 45.3 Å². The number of hydrogen-bond donors (Lipinski definition) is 3. The molecule has 63 heavy (non-hydrogen) atoms. The van der Waals surface area contributed by atoms with Crippen molar-refractivity contribution in [1.82, 2.24) is 59.7 Å². The molecule has 2 aliphatic carbocycles. The summed E-state index contributed by atoms with van der Waals surface area (Å²) in [5, 5.41) is 18.5. The van der Waals surface area contributed by atoms with E-state index in [-0.39, 0.29) is 58.4 Å². The zero-order chi connectivity index (χ0) is 46.5. The predicted molar refractivity (Wildman–Crippen MR) is 234 cm³/mol. The second-order valence-corrected chi connectivity index (χ2v) is 18.1.